The maximum absolute atomic E-state index is 12.6. The average molecular weight is 375 g/mol. The normalized spacial score (nSPS) is 14.5. The Kier molecular flexibility index (Phi) is 4.91. The number of nitrogens with zero attached hydrogens (tertiary/aromatic N) is 1. The number of rotatable bonds is 4. The van der Waals surface area contributed by atoms with Gasteiger partial charge in [-0.2, -0.15) is 8.42 Å². The Hall–Kier alpha value is -2.54. The highest BCUT2D eigenvalue weighted by molar-refractivity contribution is 7.87. The van der Waals surface area contributed by atoms with Crippen LogP contribution in [0.4, 0.5) is 0 Å². The van der Waals surface area contributed by atoms with Gasteiger partial charge in [0.1, 0.15) is 10.6 Å². The molecule has 2 aromatic rings. The van der Waals surface area contributed by atoms with Crippen LogP contribution in [0.3, 0.4) is 0 Å². The SMILES string of the molecule is Cc1cc(C=C2CCCC2)n(OS(=O)(=O)c2ccc(C)c(O)c2)c(=O)c1. The number of hydrogen-bond donors (Lipinski definition) is 1. The van der Waals surface area contributed by atoms with Gasteiger partial charge in [0, 0.05) is 12.1 Å². The largest absolute Gasteiger partial charge is 0.508 e. The highest BCUT2D eigenvalue weighted by Gasteiger charge is 2.21. The molecule has 0 bridgehead atoms. The molecule has 1 aromatic heterocycles. The number of allylic oxidation sites excluding steroid dienone is 1. The molecule has 1 fully saturated rings. The maximum atomic E-state index is 12.6. The van der Waals surface area contributed by atoms with Crippen LogP contribution in [-0.4, -0.2) is 18.3 Å². The van der Waals surface area contributed by atoms with Crippen molar-refractivity contribution < 1.29 is 17.8 Å². The van der Waals surface area contributed by atoms with E-state index < -0.39 is 15.7 Å². The number of aryl methyl sites for hydroxylation is 2. The molecule has 1 aliphatic rings. The monoisotopic (exact) mass is 375 g/mol. The molecule has 0 amide bonds. The van der Waals surface area contributed by atoms with Crippen molar-refractivity contribution in [2.45, 2.75) is 44.4 Å². The summed E-state index contributed by atoms with van der Waals surface area (Å²) in [5.41, 5.74) is 2.27. The van der Waals surface area contributed by atoms with Crippen molar-refractivity contribution in [3.8, 4) is 5.75 Å². The lowest BCUT2D eigenvalue weighted by molar-refractivity contribution is 0.264. The zero-order valence-corrected chi connectivity index (χ0v) is 15.5. The van der Waals surface area contributed by atoms with Crippen LogP contribution in [0.15, 0.2) is 45.6 Å². The van der Waals surface area contributed by atoms with E-state index in [-0.39, 0.29) is 10.6 Å². The second-order valence-electron chi connectivity index (χ2n) is 6.58. The van der Waals surface area contributed by atoms with Crippen molar-refractivity contribution in [2.24, 2.45) is 0 Å². The summed E-state index contributed by atoms with van der Waals surface area (Å²) in [6.07, 6.45) is 5.86. The van der Waals surface area contributed by atoms with Gasteiger partial charge in [0.2, 0.25) is 0 Å². The van der Waals surface area contributed by atoms with Gasteiger partial charge in [0.15, 0.2) is 0 Å². The van der Waals surface area contributed by atoms with E-state index in [1.54, 1.807) is 19.9 Å². The van der Waals surface area contributed by atoms with Crippen molar-refractivity contribution in [2.75, 3.05) is 0 Å². The first-order valence-corrected chi connectivity index (χ1v) is 9.85. The van der Waals surface area contributed by atoms with E-state index in [2.05, 4.69) is 0 Å². The second-order valence-corrected chi connectivity index (χ2v) is 8.11. The number of hydrogen-bond acceptors (Lipinski definition) is 5. The fraction of sp³-hybridized carbons (Fsp3) is 0.316. The fourth-order valence-corrected chi connectivity index (χ4v) is 3.90. The standard InChI is InChI=1S/C19H21NO5S/c1-13-9-16(11-15-5-3-4-6-15)20(19(22)10-13)25-26(23,24)17-8-7-14(2)18(21)12-17/h7-12,21H,3-6H2,1-2H3. The zero-order chi connectivity index (χ0) is 18.9. The van der Waals surface area contributed by atoms with Crippen LogP contribution in [0.2, 0.25) is 0 Å². The summed E-state index contributed by atoms with van der Waals surface area (Å²) in [5.74, 6) is -0.153. The number of aromatic hydroxyl groups is 1. The molecule has 0 spiro atoms. The van der Waals surface area contributed by atoms with Crippen molar-refractivity contribution in [3.63, 3.8) is 0 Å². The Bertz CT molecular complexity index is 1030. The molecule has 26 heavy (non-hydrogen) atoms. The van der Waals surface area contributed by atoms with Gasteiger partial charge in [0.25, 0.3) is 5.56 Å². The lowest BCUT2D eigenvalue weighted by Gasteiger charge is -2.13. The molecule has 0 atom stereocenters. The topological polar surface area (TPSA) is 85.6 Å². The molecule has 1 N–H and O–H groups in total. The smallest absolute Gasteiger partial charge is 0.357 e. The number of benzene rings is 1. The predicted octanol–water partition coefficient (Wildman–Crippen LogP) is 2.95. The number of phenols is 1. The fourth-order valence-electron chi connectivity index (χ4n) is 2.96. The molecule has 1 heterocycles. The van der Waals surface area contributed by atoms with E-state index in [0.717, 1.165) is 47.6 Å². The molecule has 7 heteroatoms. The Morgan fingerprint density at radius 2 is 1.81 bits per heavy atom. The Morgan fingerprint density at radius 1 is 1.12 bits per heavy atom. The first kappa shape index (κ1) is 18.3. The third-order valence-corrected chi connectivity index (χ3v) is 5.58. The highest BCUT2D eigenvalue weighted by Crippen LogP contribution is 2.26. The van der Waals surface area contributed by atoms with Crippen molar-refractivity contribution in [3.05, 3.63) is 63.1 Å². The third kappa shape index (κ3) is 3.83. The first-order valence-electron chi connectivity index (χ1n) is 8.44. The molecule has 0 aliphatic heterocycles. The summed E-state index contributed by atoms with van der Waals surface area (Å²) < 4.78 is 31.1. The molecule has 138 valence electrons. The maximum Gasteiger partial charge on any atom is 0.357 e. The summed E-state index contributed by atoms with van der Waals surface area (Å²) >= 11 is 0. The first-order chi connectivity index (χ1) is 12.3. The molecule has 0 saturated heterocycles. The number of phenolic OH excluding ortho intramolecular Hbond substituents is 1. The summed E-state index contributed by atoms with van der Waals surface area (Å²) in [7, 11) is -4.27. The van der Waals surface area contributed by atoms with Crippen molar-refractivity contribution in [1.29, 1.82) is 0 Å². The van der Waals surface area contributed by atoms with Crippen molar-refractivity contribution in [1.82, 2.24) is 4.73 Å². The molecular formula is C19H21NO5S. The van der Waals surface area contributed by atoms with Gasteiger partial charge >= 0.3 is 10.1 Å². The van der Waals surface area contributed by atoms with Crippen LogP contribution in [0, 0.1) is 13.8 Å². The van der Waals surface area contributed by atoms with Crippen LogP contribution in [-0.2, 0) is 10.1 Å². The quantitative estimate of drug-likeness (QED) is 0.888. The van der Waals surface area contributed by atoms with E-state index in [9.17, 15) is 18.3 Å². The molecule has 0 radical (unpaired) electrons. The molecule has 3 rings (SSSR count). The van der Waals surface area contributed by atoms with Gasteiger partial charge in [-0.3, -0.25) is 9.08 Å². The molecule has 6 nitrogen and oxygen atoms in total. The number of pyridine rings is 1. The van der Waals surface area contributed by atoms with Gasteiger partial charge in [-0.1, -0.05) is 11.6 Å². The molecular weight excluding hydrogens is 354 g/mol. The summed E-state index contributed by atoms with van der Waals surface area (Å²) in [5, 5.41) is 9.77. The van der Waals surface area contributed by atoms with E-state index in [1.807, 2.05) is 6.08 Å². The average Bonchev–Trinajstić information content (AvgIpc) is 3.06. The summed E-state index contributed by atoms with van der Waals surface area (Å²) in [6.45, 7) is 3.43. The van der Waals surface area contributed by atoms with Gasteiger partial charge in [0.05, 0.1) is 5.69 Å². The highest BCUT2D eigenvalue weighted by atomic mass is 32.2. The van der Waals surface area contributed by atoms with Gasteiger partial charge in [-0.15, -0.1) is 4.73 Å². The van der Waals surface area contributed by atoms with Crippen LogP contribution < -0.4 is 9.84 Å². The van der Waals surface area contributed by atoms with Crippen LogP contribution in [0.5, 0.6) is 5.75 Å². The van der Waals surface area contributed by atoms with E-state index >= 15 is 0 Å². The summed E-state index contributed by atoms with van der Waals surface area (Å²) in [4.78, 5) is 12.1. The van der Waals surface area contributed by atoms with E-state index in [1.165, 1.54) is 18.2 Å². The Morgan fingerprint density at radius 3 is 2.46 bits per heavy atom. The minimum Gasteiger partial charge on any atom is -0.508 e. The summed E-state index contributed by atoms with van der Waals surface area (Å²) in [6, 6.07) is 6.95. The minimum absolute atomic E-state index is 0.153. The van der Waals surface area contributed by atoms with Gasteiger partial charge in [-0.25, -0.2) is 0 Å². The van der Waals surface area contributed by atoms with E-state index in [4.69, 9.17) is 4.28 Å². The molecule has 1 aliphatic carbocycles. The molecule has 0 unspecified atom stereocenters. The minimum atomic E-state index is -4.27. The zero-order valence-electron chi connectivity index (χ0n) is 14.7. The third-order valence-electron chi connectivity index (χ3n) is 4.40. The lowest BCUT2D eigenvalue weighted by atomic mass is 10.1. The Balaban J connectivity index is 2.04. The van der Waals surface area contributed by atoms with Crippen LogP contribution in [0.25, 0.3) is 6.08 Å². The van der Waals surface area contributed by atoms with Crippen LogP contribution >= 0.6 is 0 Å². The lowest BCUT2D eigenvalue weighted by Crippen LogP contribution is -2.32. The van der Waals surface area contributed by atoms with Gasteiger partial charge < -0.3 is 5.11 Å². The molecule has 1 aromatic carbocycles. The molecule has 1 saturated carbocycles. The van der Waals surface area contributed by atoms with E-state index in [0.29, 0.717) is 11.3 Å². The Labute approximate surface area is 152 Å². The van der Waals surface area contributed by atoms with Crippen LogP contribution in [0.1, 0.15) is 42.5 Å². The number of aromatic nitrogens is 1. The second kappa shape index (κ2) is 6.99. The van der Waals surface area contributed by atoms with Crippen molar-refractivity contribution >= 4 is 16.2 Å². The predicted molar refractivity (Wildman–Crippen MR) is 98.5 cm³/mol. The van der Waals surface area contributed by atoms with Gasteiger partial charge in [-0.05, 0) is 68.9 Å².